The zero-order chi connectivity index (χ0) is 25.0. The lowest BCUT2D eigenvalue weighted by molar-refractivity contribution is -0.0173. The van der Waals surface area contributed by atoms with Crippen molar-refractivity contribution in [2.75, 3.05) is 26.5 Å². The van der Waals surface area contributed by atoms with Crippen LogP contribution in [0.4, 0.5) is 0 Å². The minimum atomic E-state index is -3.22. The van der Waals surface area contributed by atoms with Crippen LogP contribution in [0.3, 0.4) is 0 Å². The smallest absolute Gasteiger partial charge is 0.330 e. The molecule has 1 heterocycles. The Labute approximate surface area is 197 Å². The number of aromatic nitrogens is 2. The van der Waals surface area contributed by atoms with Crippen molar-refractivity contribution in [2.24, 2.45) is 5.92 Å². The summed E-state index contributed by atoms with van der Waals surface area (Å²) in [5.74, 6) is -0.0258. The fraction of sp³-hybridized carbons (Fsp3) is 0.818. The lowest BCUT2D eigenvalue weighted by atomic mass is 10.0. The highest BCUT2D eigenvalue weighted by Gasteiger charge is 2.50. The molecule has 1 aliphatic carbocycles. The van der Waals surface area contributed by atoms with Crippen molar-refractivity contribution in [2.45, 2.75) is 83.8 Å². The fourth-order valence-electron chi connectivity index (χ4n) is 4.16. The van der Waals surface area contributed by atoms with Crippen LogP contribution < -0.4 is 11.2 Å². The number of hydrogen-bond donors (Lipinski definition) is 1. The highest BCUT2D eigenvalue weighted by Crippen LogP contribution is 2.52. The van der Waals surface area contributed by atoms with Gasteiger partial charge in [-0.25, -0.2) is 4.79 Å². The second-order valence-corrected chi connectivity index (χ2v) is 17.0. The molecule has 0 bridgehead atoms. The Balaban J connectivity index is 2.41. The van der Waals surface area contributed by atoms with E-state index in [4.69, 9.17) is 18.2 Å². The molecule has 2 rings (SSSR count). The molecule has 1 aromatic heterocycles. The maximum Gasteiger partial charge on any atom is 0.330 e. The van der Waals surface area contributed by atoms with Gasteiger partial charge in [0.05, 0.1) is 31.5 Å². The van der Waals surface area contributed by atoms with Gasteiger partial charge in [0.15, 0.2) is 8.32 Å². The number of hydrogen-bond acceptors (Lipinski definition) is 7. The molecule has 4 atom stereocenters. The predicted molar refractivity (Wildman–Crippen MR) is 132 cm³/mol. The van der Waals surface area contributed by atoms with Gasteiger partial charge in [-0.1, -0.05) is 20.8 Å². The maximum absolute atomic E-state index is 13.1. The Bertz CT molecular complexity index is 930. The van der Waals surface area contributed by atoms with E-state index in [0.717, 1.165) is 0 Å². The monoisotopic (exact) mass is 504 g/mol. The first-order chi connectivity index (χ1) is 15.3. The first-order valence-electron chi connectivity index (χ1n) is 11.7. The fourth-order valence-corrected chi connectivity index (χ4v) is 7.29. The normalized spacial score (nSPS) is 24.4. The molecule has 9 nitrogen and oxygen atoms in total. The minimum Gasteiger partial charge on any atom is -0.411 e. The Kier molecular flexibility index (Phi) is 9.52. The molecule has 33 heavy (non-hydrogen) atoms. The molecule has 0 aromatic carbocycles. The molecule has 0 amide bonds. The van der Waals surface area contributed by atoms with Crippen LogP contribution in [0.25, 0.3) is 0 Å². The molecule has 190 valence electrons. The Morgan fingerprint density at radius 3 is 2.24 bits per heavy atom. The van der Waals surface area contributed by atoms with Gasteiger partial charge in [0.25, 0.3) is 5.56 Å². The van der Waals surface area contributed by atoms with E-state index in [2.05, 4.69) is 38.8 Å². The molecule has 0 aliphatic heterocycles. The first kappa shape index (κ1) is 28.2. The van der Waals surface area contributed by atoms with Crippen LogP contribution in [0.2, 0.25) is 18.1 Å². The molecule has 0 saturated heterocycles. The third-order valence-electron chi connectivity index (χ3n) is 6.85. The predicted octanol–water partition coefficient (Wildman–Crippen LogP) is 4.16. The standard InChI is InChI=1S/C22H41N2O7PSi/c1-9-29-32(27,30-10-2)14-12-16-15-17(24-13-11-18(25)23-21(24)26)20(28-6)19(16)31-33(7,8)22(3,4)5/h11,13,16-17,19-20H,9-10,12,14-15H2,1-8H3,(H,23,25,26)/t16-,17+,19+,20-/m0/s1. The van der Waals surface area contributed by atoms with E-state index in [-0.39, 0.29) is 29.3 Å². The van der Waals surface area contributed by atoms with Crippen LogP contribution in [-0.2, 0) is 22.8 Å². The summed E-state index contributed by atoms with van der Waals surface area (Å²) >= 11 is 0. The summed E-state index contributed by atoms with van der Waals surface area (Å²) in [6, 6.07) is 1.02. The third kappa shape index (κ3) is 6.77. The summed E-state index contributed by atoms with van der Waals surface area (Å²) in [4.78, 5) is 26.5. The topological polar surface area (TPSA) is 109 Å². The van der Waals surface area contributed by atoms with E-state index in [1.807, 2.05) is 0 Å². The second-order valence-electron chi connectivity index (χ2n) is 10.1. The van der Waals surface area contributed by atoms with Crippen LogP contribution in [0.5, 0.6) is 0 Å². The number of rotatable bonds is 11. The summed E-state index contributed by atoms with van der Waals surface area (Å²) in [5.41, 5.74) is -0.918. The Morgan fingerprint density at radius 1 is 1.15 bits per heavy atom. The van der Waals surface area contributed by atoms with Crippen molar-refractivity contribution < 1.29 is 22.8 Å². The van der Waals surface area contributed by atoms with Gasteiger partial charge in [0.1, 0.15) is 6.10 Å². The molecule has 1 aromatic rings. The molecule has 0 spiro atoms. The average molecular weight is 505 g/mol. The number of methoxy groups -OCH3 is 1. The van der Waals surface area contributed by atoms with Crippen molar-refractivity contribution in [1.29, 1.82) is 0 Å². The number of ether oxygens (including phenoxy) is 1. The van der Waals surface area contributed by atoms with Gasteiger partial charge in [-0.3, -0.25) is 18.9 Å². The van der Waals surface area contributed by atoms with E-state index < -0.39 is 33.3 Å². The SMILES string of the molecule is CCOP(=O)(CC[C@H]1C[C@@H](n2ccc(=O)[nH]c2=O)[C@H](OC)[C@@H]1O[Si](C)(C)C(C)(C)C)OCC. The van der Waals surface area contributed by atoms with Crippen molar-refractivity contribution >= 4 is 15.9 Å². The van der Waals surface area contributed by atoms with Crippen molar-refractivity contribution in [3.8, 4) is 0 Å². The molecule has 1 saturated carbocycles. The highest BCUT2D eigenvalue weighted by atomic mass is 31.2. The van der Waals surface area contributed by atoms with E-state index >= 15 is 0 Å². The lowest BCUT2D eigenvalue weighted by Gasteiger charge is -2.41. The third-order valence-corrected chi connectivity index (χ3v) is 13.4. The molecule has 11 heteroatoms. The zero-order valence-corrected chi connectivity index (χ0v) is 23.1. The van der Waals surface area contributed by atoms with Gasteiger partial charge < -0.3 is 18.2 Å². The number of aromatic amines is 1. The summed E-state index contributed by atoms with van der Waals surface area (Å²) in [6.07, 6.45) is 2.21. The molecule has 0 unspecified atom stereocenters. The number of nitrogens with one attached hydrogen (secondary N) is 1. The van der Waals surface area contributed by atoms with Crippen molar-refractivity contribution in [1.82, 2.24) is 9.55 Å². The maximum atomic E-state index is 13.1. The molecular formula is C22H41N2O7PSi. The van der Waals surface area contributed by atoms with Gasteiger partial charge in [0, 0.05) is 19.4 Å². The quantitative estimate of drug-likeness (QED) is 0.356. The summed E-state index contributed by atoms with van der Waals surface area (Å²) in [7, 11) is -3.79. The van der Waals surface area contributed by atoms with Gasteiger partial charge in [-0.2, -0.15) is 0 Å². The largest absolute Gasteiger partial charge is 0.411 e. The van der Waals surface area contributed by atoms with Crippen LogP contribution in [-0.4, -0.2) is 56.6 Å². The van der Waals surface area contributed by atoms with Crippen LogP contribution in [0, 0.1) is 5.92 Å². The van der Waals surface area contributed by atoms with Gasteiger partial charge >= 0.3 is 13.3 Å². The van der Waals surface area contributed by atoms with E-state index in [9.17, 15) is 14.2 Å². The highest BCUT2D eigenvalue weighted by molar-refractivity contribution is 7.53. The molecule has 0 radical (unpaired) electrons. The van der Waals surface area contributed by atoms with Crippen LogP contribution in [0.1, 0.15) is 53.5 Å². The Morgan fingerprint density at radius 2 is 1.76 bits per heavy atom. The van der Waals surface area contributed by atoms with Crippen LogP contribution >= 0.6 is 7.60 Å². The van der Waals surface area contributed by atoms with Gasteiger partial charge in [-0.05, 0) is 50.7 Å². The molecule has 1 aliphatic rings. The summed E-state index contributed by atoms with van der Waals surface area (Å²) in [6.45, 7) is 15.1. The number of nitrogens with zero attached hydrogens (tertiary/aromatic N) is 1. The van der Waals surface area contributed by atoms with E-state index in [1.165, 1.54) is 16.8 Å². The van der Waals surface area contributed by atoms with E-state index in [0.29, 0.717) is 26.1 Å². The average Bonchev–Trinajstić information content (AvgIpc) is 3.02. The van der Waals surface area contributed by atoms with Gasteiger partial charge in [-0.15, -0.1) is 0 Å². The summed E-state index contributed by atoms with van der Waals surface area (Å²) < 4.78 is 38.4. The zero-order valence-electron chi connectivity index (χ0n) is 21.3. The molecule has 1 N–H and O–H groups in total. The second kappa shape index (κ2) is 11.1. The van der Waals surface area contributed by atoms with Crippen molar-refractivity contribution in [3.05, 3.63) is 33.1 Å². The van der Waals surface area contributed by atoms with Crippen molar-refractivity contribution in [3.63, 3.8) is 0 Å². The molecular weight excluding hydrogens is 463 g/mol. The molecule has 1 fully saturated rings. The van der Waals surface area contributed by atoms with E-state index in [1.54, 1.807) is 21.0 Å². The minimum absolute atomic E-state index is 0.0192. The van der Waals surface area contributed by atoms with Crippen LogP contribution in [0.15, 0.2) is 21.9 Å². The van der Waals surface area contributed by atoms with Gasteiger partial charge in [0.2, 0.25) is 0 Å². The Hall–Kier alpha value is -1.03. The first-order valence-corrected chi connectivity index (χ1v) is 16.3. The number of H-pyrrole nitrogens is 1. The lowest BCUT2D eigenvalue weighted by Crippen LogP contribution is -2.49. The summed E-state index contributed by atoms with van der Waals surface area (Å²) in [5, 5.41) is -0.0192.